The van der Waals surface area contributed by atoms with Crippen molar-refractivity contribution in [3.05, 3.63) is 191 Å². The summed E-state index contributed by atoms with van der Waals surface area (Å²) >= 11 is 1.75. The average molecular weight is 673 g/mol. The SMILES string of the molecule is O=C(O)c1ccc(F)cc1.O=C(O)c1ccc(F)cc1.[CH2]=[Ti+2].[c-]1cccc2c1Cc1ccccc1-2.[c-]1cccc2c1Cc1ccccc1-2. The second-order valence-electron chi connectivity index (χ2n) is 10.4. The molecule has 6 aromatic rings. The van der Waals surface area contributed by atoms with E-state index >= 15 is 0 Å². The monoisotopic (exact) mass is 672 g/mol. The van der Waals surface area contributed by atoms with Gasteiger partial charge in [-0.25, -0.2) is 18.4 Å². The van der Waals surface area contributed by atoms with Crippen LogP contribution >= 0.6 is 0 Å². The van der Waals surface area contributed by atoms with Crippen LogP contribution < -0.4 is 0 Å². The summed E-state index contributed by atoms with van der Waals surface area (Å²) in [6.07, 6.45) is 2.10. The van der Waals surface area contributed by atoms with Gasteiger partial charge in [-0.1, -0.05) is 70.8 Å². The van der Waals surface area contributed by atoms with Gasteiger partial charge in [0.1, 0.15) is 11.6 Å². The van der Waals surface area contributed by atoms with E-state index in [0.717, 1.165) is 37.1 Å². The Balaban J connectivity index is 0.000000143. The minimum absolute atomic E-state index is 0.0985. The average Bonchev–Trinajstić information content (AvgIpc) is 3.69. The van der Waals surface area contributed by atoms with E-state index in [1.165, 1.54) is 68.8 Å². The zero-order valence-electron chi connectivity index (χ0n) is 25.8. The minimum Gasteiger partial charge on any atom is -0.179 e. The molecule has 0 amide bonds. The van der Waals surface area contributed by atoms with Crippen LogP contribution in [0.5, 0.6) is 0 Å². The summed E-state index contributed by atoms with van der Waals surface area (Å²) in [5, 5.41) is 16.7. The molecule has 0 spiro atoms. The molecule has 0 heterocycles. The zero-order valence-corrected chi connectivity index (χ0v) is 27.4. The summed E-state index contributed by atoms with van der Waals surface area (Å²) in [4.78, 5) is 23.6. The third kappa shape index (κ3) is 9.38. The first kappa shape index (κ1) is 35.6. The van der Waals surface area contributed by atoms with Crippen LogP contribution in [0.3, 0.4) is 0 Å². The Morgan fingerprint density at radius 2 is 0.854 bits per heavy atom. The number of fused-ring (bicyclic) bond motifs is 6. The predicted molar refractivity (Wildman–Crippen MR) is 181 cm³/mol. The first-order valence-corrected chi connectivity index (χ1v) is 15.9. The number of aromatic carboxylic acids is 2. The fraction of sp³-hybridized carbons (Fsp3) is 0.0488. The molecule has 0 saturated heterocycles. The normalized spacial score (nSPS) is 10.7. The molecular formula is C41H30F2O4Ti. The second-order valence-corrected chi connectivity index (χ2v) is 10.4. The molecule has 2 aliphatic rings. The van der Waals surface area contributed by atoms with Gasteiger partial charge in [0.2, 0.25) is 0 Å². The van der Waals surface area contributed by atoms with Crippen LogP contribution in [0, 0.1) is 23.8 Å². The Hall–Kier alpha value is -5.30. The maximum atomic E-state index is 12.2. The van der Waals surface area contributed by atoms with Gasteiger partial charge in [0.25, 0.3) is 0 Å². The van der Waals surface area contributed by atoms with Gasteiger partial charge in [-0.15, -0.1) is 11.1 Å². The van der Waals surface area contributed by atoms with Crippen LogP contribution in [0.2, 0.25) is 0 Å². The first-order chi connectivity index (χ1) is 23.3. The van der Waals surface area contributed by atoms with Crippen molar-refractivity contribution in [1.29, 1.82) is 0 Å². The van der Waals surface area contributed by atoms with E-state index in [1.807, 2.05) is 12.1 Å². The molecule has 0 saturated carbocycles. The summed E-state index contributed by atoms with van der Waals surface area (Å²) < 4.78 is 24.3. The standard InChI is InChI=1S/2C13H9.2C7H5FO2.CH2.Ti/c2*1-3-7-12-10(5-1)9-11-6-2-4-8-13(11)12;2*8-6-3-1-5(2-4-6)7(9)10;;/h2*1-5,7-8H,9H2;2*1-4H,(H,9,10);1H2;/q2*-1;;;;+2. The van der Waals surface area contributed by atoms with Crippen LogP contribution in [0.1, 0.15) is 43.0 Å². The van der Waals surface area contributed by atoms with Crippen molar-refractivity contribution in [1.82, 2.24) is 0 Å². The van der Waals surface area contributed by atoms with Crippen LogP contribution in [0.25, 0.3) is 22.3 Å². The first-order valence-electron chi connectivity index (χ1n) is 14.8. The molecule has 0 unspecified atom stereocenters. The van der Waals surface area contributed by atoms with Crippen molar-refractivity contribution in [3.63, 3.8) is 0 Å². The van der Waals surface area contributed by atoms with Crippen molar-refractivity contribution in [2.24, 2.45) is 0 Å². The summed E-state index contributed by atoms with van der Waals surface area (Å²) in [5.41, 5.74) is 11.2. The van der Waals surface area contributed by atoms with E-state index in [0.29, 0.717) is 0 Å². The number of carboxylic acids is 2. The fourth-order valence-electron chi connectivity index (χ4n) is 5.18. The van der Waals surface area contributed by atoms with E-state index in [2.05, 4.69) is 89.7 Å². The van der Waals surface area contributed by atoms with Crippen LogP contribution in [0.4, 0.5) is 8.78 Å². The van der Waals surface area contributed by atoms with Crippen LogP contribution in [-0.4, -0.2) is 27.0 Å². The number of carboxylic acid groups (broad SMARTS) is 2. The maximum absolute atomic E-state index is 12.2. The van der Waals surface area contributed by atoms with Crippen LogP contribution in [0.15, 0.2) is 133 Å². The van der Waals surface area contributed by atoms with E-state index in [4.69, 9.17) is 10.2 Å². The largest absolute Gasteiger partial charge is 0.179 e. The molecule has 0 bridgehead atoms. The molecule has 0 aliphatic heterocycles. The third-order valence-electron chi connectivity index (χ3n) is 7.42. The predicted octanol–water partition coefficient (Wildman–Crippen LogP) is 9.13. The van der Waals surface area contributed by atoms with Gasteiger partial charge in [0.15, 0.2) is 0 Å². The molecule has 4 nitrogen and oxygen atoms in total. The van der Waals surface area contributed by atoms with Crippen molar-refractivity contribution in [2.45, 2.75) is 12.8 Å². The van der Waals surface area contributed by atoms with Gasteiger partial charge >= 0.3 is 36.7 Å². The molecule has 2 N–H and O–H groups in total. The van der Waals surface area contributed by atoms with E-state index in [-0.39, 0.29) is 11.1 Å². The number of benzene rings is 6. The van der Waals surface area contributed by atoms with Gasteiger partial charge < -0.3 is 10.2 Å². The molecule has 48 heavy (non-hydrogen) atoms. The Bertz CT molecular complexity index is 1760. The molecule has 0 fully saturated rings. The maximum Gasteiger partial charge on any atom is -0.0253 e. The Labute approximate surface area is 289 Å². The van der Waals surface area contributed by atoms with Crippen molar-refractivity contribution in [2.75, 3.05) is 0 Å². The Kier molecular flexibility index (Phi) is 13.0. The third-order valence-corrected chi connectivity index (χ3v) is 7.42. The van der Waals surface area contributed by atoms with Crippen molar-refractivity contribution < 1.29 is 48.6 Å². The topological polar surface area (TPSA) is 74.6 Å². The molecule has 7 heteroatoms. The number of hydrogen-bond donors (Lipinski definition) is 2. The molecule has 0 radical (unpaired) electrons. The minimum atomic E-state index is -1.04. The number of rotatable bonds is 2. The summed E-state index contributed by atoms with van der Waals surface area (Å²) in [5.74, 6) is -2.94. The Morgan fingerprint density at radius 1 is 0.521 bits per heavy atom. The number of carbonyl (C=O) groups is 2. The second kappa shape index (κ2) is 17.6. The zero-order chi connectivity index (χ0) is 34.5. The molecule has 6 aromatic carbocycles. The molecular weight excluding hydrogens is 642 g/mol. The van der Waals surface area contributed by atoms with Gasteiger partial charge in [-0.2, -0.15) is 59.7 Å². The van der Waals surface area contributed by atoms with Crippen molar-refractivity contribution in [3.8, 4) is 22.3 Å². The van der Waals surface area contributed by atoms with E-state index < -0.39 is 23.6 Å². The summed E-state index contributed by atoms with van der Waals surface area (Å²) in [6.45, 7) is 0. The molecule has 2 aliphatic carbocycles. The summed E-state index contributed by atoms with van der Waals surface area (Å²) in [7, 11) is 0. The molecule has 236 valence electrons. The van der Waals surface area contributed by atoms with Gasteiger partial charge in [-0.05, 0) is 61.4 Å². The van der Waals surface area contributed by atoms with Gasteiger partial charge in [0, 0.05) is 0 Å². The fourth-order valence-corrected chi connectivity index (χ4v) is 5.18. The molecule has 8 rings (SSSR count). The van der Waals surface area contributed by atoms with Crippen molar-refractivity contribution >= 4 is 16.8 Å². The van der Waals surface area contributed by atoms with E-state index in [9.17, 15) is 18.4 Å². The van der Waals surface area contributed by atoms with Gasteiger partial charge in [0.05, 0.1) is 11.1 Å². The smallest absolute Gasteiger partial charge is 0.0253 e. The molecule has 0 aromatic heterocycles. The number of halogens is 2. The Morgan fingerprint density at radius 3 is 1.21 bits per heavy atom. The summed E-state index contributed by atoms with van der Waals surface area (Å²) in [6, 6.07) is 45.6. The van der Waals surface area contributed by atoms with Crippen LogP contribution in [-0.2, 0) is 32.8 Å². The quantitative estimate of drug-likeness (QED) is 0.142. The molecule has 0 atom stereocenters. The van der Waals surface area contributed by atoms with E-state index in [1.54, 1.807) is 20.0 Å². The van der Waals surface area contributed by atoms with Gasteiger partial charge in [-0.3, -0.25) is 0 Å². The number of hydrogen-bond acceptors (Lipinski definition) is 2.